The minimum atomic E-state index is -1.34. The molecule has 0 aliphatic carbocycles. The highest BCUT2D eigenvalue weighted by Crippen LogP contribution is 2.32. The summed E-state index contributed by atoms with van der Waals surface area (Å²) in [6, 6.07) is 15.5. The second-order valence-electron chi connectivity index (χ2n) is 8.11. The third kappa shape index (κ3) is 4.41. The smallest absolute Gasteiger partial charge is 0.325 e. The number of halogens is 2. The zero-order chi connectivity index (χ0) is 24.5. The van der Waals surface area contributed by atoms with E-state index in [4.69, 9.17) is 16.0 Å². The van der Waals surface area contributed by atoms with E-state index in [1.54, 1.807) is 38.2 Å². The van der Waals surface area contributed by atoms with E-state index in [-0.39, 0.29) is 13.0 Å². The molecule has 1 fully saturated rings. The van der Waals surface area contributed by atoms with Crippen molar-refractivity contribution >= 4 is 29.4 Å². The lowest BCUT2D eigenvalue weighted by molar-refractivity contribution is -0.139. The van der Waals surface area contributed by atoms with Gasteiger partial charge in [-0.2, -0.15) is 0 Å². The van der Waals surface area contributed by atoms with Crippen molar-refractivity contribution in [1.29, 1.82) is 0 Å². The number of amides is 4. The molecule has 1 aliphatic rings. The maximum absolute atomic E-state index is 13.4. The molecule has 34 heavy (non-hydrogen) atoms. The number of nitrogens with one attached hydrogen (secondary N) is 1. The molecule has 2 aromatic carbocycles. The van der Waals surface area contributed by atoms with Crippen LogP contribution in [0.2, 0.25) is 5.02 Å². The Morgan fingerprint density at radius 1 is 1.09 bits per heavy atom. The number of hydrogen-bond donors (Lipinski definition) is 1. The van der Waals surface area contributed by atoms with Gasteiger partial charge in [0.15, 0.2) is 0 Å². The summed E-state index contributed by atoms with van der Waals surface area (Å²) < 4.78 is 19.2. The number of carbonyl (C=O) groups is 3. The number of urea groups is 1. The van der Waals surface area contributed by atoms with Crippen LogP contribution in [0.4, 0.5) is 9.18 Å². The molecule has 176 valence electrons. The molecule has 0 spiro atoms. The first-order chi connectivity index (χ1) is 16.2. The van der Waals surface area contributed by atoms with Crippen LogP contribution in [0.15, 0.2) is 65.1 Å². The molecule has 1 unspecified atom stereocenters. The number of rotatable bonds is 7. The van der Waals surface area contributed by atoms with Gasteiger partial charge in [-0.1, -0.05) is 30.7 Å². The Balaban J connectivity index is 1.44. The third-order valence-corrected chi connectivity index (χ3v) is 6.20. The number of furan rings is 1. The summed E-state index contributed by atoms with van der Waals surface area (Å²) in [5.74, 6) is -0.242. The molecular formula is C25H23ClFN3O4. The number of hydrogen-bond acceptors (Lipinski definition) is 4. The van der Waals surface area contributed by atoms with Crippen LogP contribution in [0.3, 0.4) is 0 Å². The van der Waals surface area contributed by atoms with Crippen LogP contribution in [0.5, 0.6) is 0 Å². The maximum Gasteiger partial charge on any atom is 0.325 e. The van der Waals surface area contributed by atoms with Crippen molar-refractivity contribution in [2.24, 2.45) is 0 Å². The van der Waals surface area contributed by atoms with E-state index in [2.05, 4.69) is 5.32 Å². The predicted octanol–water partition coefficient (Wildman–Crippen LogP) is 4.55. The fourth-order valence-electron chi connectivity index (χ4n) is 3.95. The van der Waals surface area contributed by atoms with Gasteiger partial charge in [0.1, 0.15) is 29.4 Å². The molecule has 4 rings (SSSR count). The number of carbonyl (C=O) groups excluding carboxylic acids is 3. The van der Waals surface area contributed by atoms with Crippen molar-refractivity contribution in [3.8, 4) is 11.3 Å². The normalized spacial score (nSPS) is 17.7. The van der Waals surface area contributed by atoms with Crippen LogP contribution >= 0.6 is 11.6 Å². The quantitative estimate of drug-likeness (QED) is 0.499. The highest BCUT2D eigenvalue weighted by atomic mass is 35.5. The molecule has 1 aliphatic heterocycles. The van der Waals surface area contributed by atoms with Crippen LogP contribution in [0.25, 0.3) is 11.3 Å². The molecule has 1 aromatic heterocycles. The van der Waals surface area contributed by atoms with Gasteiger partial charge in [-0.25, -0.2) is 9.18 Å². The van der Waals surface area contributed by atoms with E-state index < -0.39 is 35.7 Å². The third-order valence-electron chi connectivity index (χ3n) is 5.95. The molecule has 4 amide bonds. The lowest BCUT2D eigenvalue weighted by Gasteiger charge is -2.26. The van der Waals surface area contributed by atoms with Crippen molar-refractivity contribution in [1.82, 2.24) is 15.1 Å². The highest BCUT2D eigenvalue weighted by Gasteiger charge is 2.51. The molecule has 9 heteroatoms. The lowest BCUT2D eigenvalue weighted by Crippen LogP contribution is -2.45. The van der Waals surface area contributed by atoms with Crippen molar-refractivity contribution in [3.63, 3.8) is 0 Å². The number of nitrogens with zero attached hydrogens (tertiary/aromatic N) is 2. The molecule has 0 radical (unpaired) electrons. The van der Waals surface area contributed by atoms with Crippen molar-refractivity contribution < 1.29 is 23.2 Å². The van der Waals surface area contributed by atoms with E-state index in [0.717, 1.165) is 10.5 Å². The fourth-order valence-corrected chi connectivity index (χ4v) is 4.08. The van der Waals surface area contributed by atoms with E-state index in [9.17, 15) is 18.8 Å². The Hall–Kier alpha value is -3.65. The van der Waals surface area contributed by atoms with E-state index in [1.165, 1.54) is 29.2 Å². The molecule has 1 atom stereocenters. The fraction of sp³-hybridized carbons (Fsp3) is 0.240. The maximum atomic E-state index is 13.4. The number of benzene rings is 2. The van der Waals surface area contributed by atoms with Gasteiger partial charge >= 0.3 is 6.03 Å². The van der Waals surface area contributed by atoms with Crippen molar-refractivity contribution in [2.45, 2.75) is 25.4 Å². The molecule has 7 nitrogen and oxygen atoms in total. The summed E-state index contributed by atoms with van der Waals surface area (Å²) in [5.41, 5.74) is -0.0259. The van der Waals surface area contributed by atoms with Crippen LogP contribution in [-0.4, -0.2) is 41.2 Å². The van der Waals surface area contributed by atoms with E-state index in [0.29, 0.717) is 22.1 Å². The van der Waals surface area contributed by atoms with Crippen molar-refractivity contribution in [3.05, 3.63) is 82.8 Å². The molecule has 0 saturated carbocycles. The lowest BCUT2D eigenvalue weighted by atomic mass is 9.87. The van der Waals surface area contributed by atoms with Crippen LogP contribution < -0.4 is 5.32 Å². The monoisotopic (exact) mass is 483 g/mol. The largest absolute Gasteiger partial charge is 0.459 e. The average Bonchev–Trinajstić information content (AvgIpc) is 3.38. The zero-order valence-electron chi connectivity index (χ0n) is 18.7. The zero-order valence-corrected chi connectivity index (χ0v) is 19.4. The minimum Gasteiger partial charge on any atom is -0.459 e. The van der Waals surface area contributed by atoms with Gasteiger partial charge in [0, 0.05) is 17.6 Å². The molecule has 0 bridgehead atoms. The van der Waals surface area contributed by atoms with E-state index >= 15 is 0 Å². The molecule has 3 aromatic rings. The van der Waals surface area contributed by atoms with Gasteiger partial charge in [0.2, 0.25) is 5.91 Å². The number of imide groups is 1. The average molecular weight is 484 g/mol. The minimum absolute atomic E-state index is 0.160. The summed E-state index contributed by atoms with van der Waals surface area (Å²) in [7, 11) is 1.57. The molecule has 1 saturated heterocycles. The Morgan fingerprint density at radius 2 is 1.76 bits per heavy atom. The molecule has 1 N–H and O–H groups in total. The Kier molecular flexibility index (Phi) is 6.43. The summed E-state index contributed by atoms with van der Waals surface area (Å²) >= 11 is 5.92. The first-order valence-corrected chi connectivity index (χ1v) is 11.1. The second-order valence-corrected chi connectivity index (χ2v) is 8.55. The Morgan fingerprint density at radius 3 is 2.41 bits per heavy atom. The summed E-state index contributed by atoms with van der Waals surface area (Å²) in [6.07, 6.45) is 0.254. The van der Waals surface area contributed by atoms with Crippen LogP contribution in [0.1, 0.15) is 24.7 Å². The van der Waals surface area contributed by atoms with Gasteiger partial charge in [-0.15, -0.1) is 0 Å². The molecule has 2 heterocycles. The van der Waals surface area contributed by atoms with Gasteiger partial charge in [-0.3, -0.25) is 14.5 Å². The van der Waals surface area contributed by atoms with Gasteiger partial charge in [0.05, 0.1) is 6.54 Å². The van der Waals surface area contributed by atoms with Gasteiger partial charge < -0.3 is 14.6 Å². The number of likely N-dealkylation sites (N-methyl/N-ethyl adjacent to an activating group) is 1. The first-order valence-electron chi connectivity index (χ1n) is 10.7. The van der Waals surface area contributed by atoms with Crippen molar-refractivity contribution in [2.75, 3.05) is 13.6 Å². The van der Waals surface area contributed by atoms with Crippen LogP contribution in [0, 0.1) is 5.82 Å². The van der Waals surface area contributed by atoms with Gasteiger partial charge in [-0.05, 0) is 60.5 Å². The standard InChI is InChI=1S/C25H23ClFN3O4/c1-3-25(17-6-10-19(27)11-7-17)23(32)30(24(33)28-25)15-22(31)29(2)14-20-12-13-21(34-20)16-4-8-18(26)9-5-16/h4-13H,3,14-15H2,1-2H3,(H,28,33). The molecular weight excluding hydrogens is 461 g/mol. The summed E-state index contributed by atoms with van der Waals surface area (Å²) in [4.78, 5) is 40.9. The topological polar surface area (TPSA) is 82.9 Å². The summed E-state index contributed by atoms with van der Waals surface area (Å²) in [6.45, 7) is 1.48. The van der Waals surface area contributed by atoms with Crippen LogP contribution in [-0.2, 0) is 21.7 Å². The van der Waals surface area contributed by atoms with Gasteiger partial charge in [0.25, 0.3) is 5.91 Å². The first kappa shape index (κ1) is 23.5. The Labute approximate surface area is 201 Å². The second kappa shape index (κ2) is 9.30. The SMILES string of the molecule is CCC1(c2ccc(F)cc2)NC(=O)N(CC(=O)N(C)Cc2ccc(-c3ccc(Cl)cc3)o2)C1=O. The highest BCUT2D eigenvalue weighted by molar-refractivity contribution is 6.30. The van der Waals surface area contributed by atoms with E-state index in [1.807, 2.05) is 12.1 Å². The Bertz CT molecular complexity index is 1230. The summed E-state index contributed by atoms with van der Waals surface area (Å²) in [5, 5.41) is 3.31. The predicted molar refractivity (Wildman–Crippen MR) is 124 cm³/mol.